The zero-order valence-corrected chi connectivity index (χ0v) is 22.8. The van der Waals surface area contributed by atoms with E-state index in [4.69, 9.17) is 19.3 Å². The number of aryl methyl sites for hydroxylation is 2. The summed E-state index contributed by atoms with van der Waals surface area (Å²) < 4.78 is 17.6. The fourth-order valence-corrected chi connectivity index (χ4v) is 4.38. The molecule has 1 aliphatic heterocycles. The smallest absolute Gasteiger partial charge is 0.410 e. The van der Waals surface area contributed by atoms with Crippen LogP contribution in [0, 0.1) is 25.2 Å². The Kier molecular flexibility index (Phi) is 8.46. The van der Waals surface area contributed by atoms with Crippen molar-refractivity contribution in [2.24, 2.45) is 0 Å². The van der Waals surface area contributed by atoms with Crippen LogP contribution in [0.4, 0.5) is 15.4 Å². The van der Waals surface area contributed by atoms with E-state index in [0.717, 1.165) is 22.4 Å². The van der Waals surface area contributed by atoms with Gasteiger partial charge in [0.25, 0.3) is 0 Å². The highest BCUT2D eigenvalue weighted by Gasteiger charge is 2.36. The van der Waals surface area contributed by atoms with Crippen LogP contribution in [-0.4, -0.2) is 66.0 Å². The molecule has 11 nitrogen and oxygen atoms in total. The van der Waals surface area contributed by atoms with E-state index in [1.165, 1.54) is 14.2 Å². The van der Waals surface area contributed by atoms with Crippen LogP contribution in [0.15, 0.2) is 12.1 Å². The van der Waals surface area contributed by atoms with Crippen LogP contribution >= 0.6 is 0 Å². The monoisotopic (exact) mass is 512 g/mol. The van der Waals surface area contributed by atoms with Crippen molar-refractivity contribution >= 4 is 17.9 Å². The third-order valence-electron chi connectivity index (χ3n) is 6.16. The minimum atomic E-state index is -0.640. The molecular formula is C26H36N6O5. The van der Waals surface area contributed by atoms with E-state index in [1.54, 1.807) is 9.58 Å². The van der Waals surface area contributed by atoms with Gasteiger partial charge in [-0.15, -0.1) is 0 Å². The number of benzene rings is 1. The molecule has 0 unspecified atom stereocenters. The maximum Gasteiger partial charge on any atom is 0.410 e. The molecule has 0 saturated heterocycles. The van der Waals surface area contributed by atoms with Gasteiger partial charge in [0.1, 0.15) is 11.4 Å². The number of methoxy groups -OCH3 is 2. The lowest BCUT2D eigenvalue weighted by Crippen LogP contribution is -2.42. The van der Waals surface area contributed by atoms with E-state index < -0.39 is 30.1 Å². The first kappa shape index (κ1) is 28.0. The molecule has 3 rings (SSSR count). The lowest BCUT2D eigenvalue weighted by molar-refractivity contribution is -0.0970. The highest BCUT2D eigenvalue weighted by molar-refractivity contribution is 5.90. The summed E-state index contributed by atoms with van der Waals surface area (Å²) in [6.45, 7) is 11.6. The average molecular weight is 513 g/mol. The third-order valence-corrected chi connectivity index (χ3v) is 6.16. The summed E-state index contributed by atoms with van der Waals surface area (Å²) >= 11 is 0. The standard InChI is InChI=1S/C26H36N6O5/c1-15-11-18(12-16(2)19(15)13-27)32-23(29-24(33)28-14-21(35-7)36-8)22-17(3)31(10-9-20(22)30-32)25(34)37-26(4,5)6/h11-12,17,21H,9-10,14H2,1-8H3,(H2,28,29,33)/t17-/m0/s1. The molecule has 0 saturated carbocycles. The van der Waals surface area contributed by atoms with Crippen LogP contribution in [0.5, 0.6) is 0 Å². The number of amides is 3. The van der Waals surface area contributed by atoms with Crippen LogP contribution in [0.3, 0.4) is 0 Å². The second-order valence-corrected chi connectivity index (χ2v) is 10.0. The Morgan fingerprint density at radius 3 is 2.38 bits per heavy atom. The molecule has 0 aliphatic carbocycles. The van der Waals surface area contributed by atoms with Gasteiger partial charge in [-0.2, -0.15) is 10.4 Å². The fraction of sp³-hybridized carbons (Fsp3) is 0.538. The second kappa shape index (κ2) is 11.2. The Morgan fingerprint density at radius 1 is 1.22 bits per heavy atom. The molecule has 1 aliphatic rings. The molecule has 2 heterocycles. The number of hydrogen-bond acceptors (Lipinski definition) is 7. The Morgan fingerprint density at radius 2 is 1.84 bits per heavy atom. The van der Waals surface area contributed by atoms with E-state index in [1.807, 2.05) is 53.7 Å². The van der Waals surface area contributed by atoms with Gasteiger partial charge in [0.15, 0.2) is 6.29 Å². The molecule has 3 amide bonds. The fourth-order valence-electron chi connectivity index (χ4n) is 4.38. The van der Waals surface area contributed by atoms with Crippen LogP contribution in [0.2, 0.25) is 0 Å². The molecule has 2 N–H and O–H groups in total. The van der Waals surface area contributed by atoms with Gasteiger partial charge in [-0.25, -0.2) is 14.3 Å². The molecule has 1 atom stereocenters. The molecule has 1 aromatic heterocycles. The number of fused-ring (bicyclic) bond motifs is 1. The summed E-state index contributed by atoms with van der Waals surface area (Å²) in [6, 6.07) is 5.05. The first-order chi connectivity index (χ1) is 17.4. The molecule has 1 aromatic carbocycles. The van der Waals surface area contributed by atoms with Gasteiger partial charge < -0.3 is 24.4 Å². The highest BCUT2D eigenvalue weighted by atomic mass is 16.7. The van der Waals surface area contributed by atoms with Crippen molar-refractivity contribution in [3.63, 3.8) is 0 Å². The highest BCUT2D eigenvalue weighted by Crippen LogP contribution is 2.37. The van der Waals surface area contributed by atoms with Gasteiger partial charge in [0.05, 0.1) is 35.6 Å². The Balaban J connectivity index is 2.05. The summed E-state index contributed by atoms with van der Waals surface area (Å²) in [5.41, 5.74) is 3.75. The summed E-state index contributed by atoms with van der Waals surface area (Å²) in [5, 5.41) is 20.0. The molecule has 37 heavy (non-hydrogen) atoms. The predicted octanol–water partition coefficient (Wildman–Crippen LogP) is 3.96. The normalized spacial score (nSPS) is 15.2. The van der Waals surface area contributed by atoms with Gasteiger partial charge >= 0.3 is 12.1 Å². The summed E-state index contributed by atoms with van der Waals surface area (Å²) in [6.07, 6.45) is -0.539. The van der Waals surface area contributed by atoms with Gasteiger partial charge in [0.2, 0.25) is 0 Å². The first-order valence-corrected chi connectivity index (χ1v) is 12.1. The quantitative estimate of drug-likeness (QED) is 0.560. The maximum atomic E-state index is 13.0. The van der Waals surface area contributed by atoms with Crippen molar-refractivity contribution in [2.75, 3.05) is 32.6 Å². The summed E-state index contributed by atoms with van der Waals surface area (Å²) in [4.78, 5) is 27.5. The van der Waals surface area contributed by atoms with E-state index in [2.05, 4.69) is 16.7 Å². The van der Waals surface area contributed by atoms with Crippen molar-refractivity contribution < 1.29 is 23.8 Å². The van der Waals surface area contributed by atoms with Crippen molar-refractivity contribution in [2.45, 2.75) is 65.9 Å². The molecular weight excluding hydrogens is 476 g/mol. The van der Waals surface area contributed by atoms with Crippen molar-refractivity contribution in [3.8, 4) is 11.8 Å². The largest absolute Gasteiger partial charge is 0.444 e. The van der Waals surface area contributed by atoms with Gasteiger partial charge in [0, 0.05) is 32.7 Å². The molecule has 0 spiro atoms. The van der Waals surface area contributed by atoms with Crippen molar-refractivity contribution in [1.82, 2.24) is 20.0 Å². The van der Waals surface area contributed by atoms with Crippen LogP contribution in [-0.2, 0) is 20.6 Å². The van der Waals surface area contributed by atoms with E-state index in [9.17, 15) is 14.9 Å². The predicted molar refractivity (Wildman–Crippen MR) is 138 cm³/mol. The number of carbonyl (C=O) groups is 2. The van der Waals surface area contributed by atoms with Crippen molar-refractivity contribution in [1.29, 1.82) is 5.26 Å². The zero-order chi connectivity index (χ0) is 27.5. The van der Waals surface area contributed by atoms with Crippen LogP contribution in [0.1, 0.15) is 61.7 Å². The van der Waals surface area contributed by atoms with Gasteiger partial charge in [-0.05, 0) is 64.8 Å². The third kappa shape index (κ3) is 6.21. The van der Waals surface area contributed by atoms with Crippen LogP contribution < -0.4 is 10.6 Å². The molecule has 0 fully saturated rings. The van der Waals surface area contributed by atoms with Gasteiger partial charge in [-0.3, -0.25) is 5.32 Å². The number of carbonyl (C=O) groups excluding carboxylic acids is 2. The Labute approximate surface area is 217 Å². The SMILES string of the molecule is COC(CNC(=O)Nc1c2c(nn1-c1cc(C)c(C#N)c(C)c1)CCN(C(=O)OC(C)(C)C)[C@H]2C)OC. The Bertz CT molecular complexity index is 1180. The van der Waals surface area contributed by atoms with E-state index in [-0.39, 0.29) is 6.54 Å². The molecule has 2 aromatic rings. The zero-order valence-electron chi connectivity index (χ0n) is 22.8. The number of nitrogens with one attached hydrogen (secondary N) is 2. The maximum absolute atomic E-state index is 13.0. The molecule has 200 valence electrons. The number of nitrogens with zero attached hydrogens (tertiary/aromatic N) is 4. The number of anilines is 1. The number of rotatable bonds is 6. The van der Waals surface area contributed by atoms with Gasteiger partial charge in [-0.1, -0.05) is 0 Å². The number of nitriles is 1. The molecule has 11 heteroatoms. The Hall–Kier alpha value is -3.62. The van der Waals surface area contributed by atoms with Crippen molar-refractivity contribution in [3.05, 3.63) is 40.1 Å². The topological polar surface area (TPSA) is 131 Å². The average Bonchev–Trinajstić information content (AvgIpc) is 3.17. The molecule has 0 bridgehead atoms. The second-order valence-electron chi connectivity index (χ2n) is 10.0. The lowest BCUT2D eigenvalue weighted by Gasteiger charge is -2.34. The van der Waals surface area contributed by atoms with Crippen LogP contribution in [0.25, 0.3) is 5.69 Å². The summed E-state index contributed by atoms with van der Waals surface area (Å²) in [5.74, 6) is 0.433. The lowest BCUT2D eigenvalue weighted by atomic mass is 9.99. The summed E-state index contributed by atoms with van der Waals surface area (Å²) in [7, 11) is 2.98. The molecule has 0 radical (unpaired) electrons. The number of hydrogen-bond donors (Lipinski definition) is 2. The minimum absolute atomic E-state index is 0.129. The number of urea groups is 1. The van der Waals surface area contributed by atoms with E-state index >= 15 is 0 Å². The first-order valence-electron chi connectivity index (χ1n) is 12.1. The van der Waals surface area contributed by atoms with E-state index in [0.29, 0.717) is 30.0 Å². The number of aromatic nitrogens is 2. The number of ether oxygens (including phenoxy) is 3. The minimum Gasteiger partial charge on any atom is -0.444 e.